The first-order chi connectivity index (χ1) is 9.61. The molecule has 0 saturated carbocycles. The summed E-state index contributed by atoms with van der Waals surface area (Å²) in [5.74, 6) is 1.94. The fourth-order valence-electron chi connectivity index (χ4n) is 2.92. The van der Waals surface area contributed by atoms with E-state index < -0.39 is 5.54 Å². The summed E-state index contributed by atoms with van der Waals surface area (Å²) in [5.41, 5.74) is -0.0992. The van der Waals surface area contributed by atoms with Crippen molar-refractivity contribution >= 4 is 23.6 Å². The summed E-state index contributed by atoms with van der Waals surface area (Å²) in [6.45, 7) is 1.99. The number of hydrogen-bond acceptors (Lipinski definition) is 3. The lowest BCUT2D eigenvalue weighted by atomic mass is 9.88. The summed E-state index contributed by atoms with van der Waals surface area (Å²) in [7, 11) is 0. The molecule has 0 bridgehead atoms. The van der Waals surface area contributed by atoms with Gasteiger partial charge in [0.15, 0.2) is 0 Å². The predicted molar refractivity (Wildman–Crippen MR) is 79.4 cm³/mol. The summed E-state index contributed by atoms with van der Waals surface area (Å²) in [6, 6.07) is 9.68. The molecule has 1 N–H and O–H groups in total. The fraction of sp³-hybridized carbons (Fsp3) is 0.467. The van der Waals surface area contributed by atoms with Crippen LogP contribution in [0.25, 0.3) is 0 Å². The van der Waals surface area contributed by atoms with E-state index in [1.54, 1.807) is 11.8 Å². The van der Waals surface area contributed by atoms with Crippen LogP contribution in [0.3, 0.4) is 0 Å². The molecule has 2 aliphatic heterocycles. The minimum absolute atomic E-state index is 0.0100. The number of carbonyl (C=O) groups excluding carboxylic acids is 2. The van der Waals surface area contributed by atoms with E-state index in [1.165, 1.54) is 0 Å². The van der Waals surface area contributed by atoms with Gasteiger partial charge in [0.2, 0.25) is 5.91 Å². The molecule has 4 nitrogen and oxygen atoms in total. The van der Waals surface area contributed by atoms with Gasteiger partial charge in [-0.15, -0.1) is 0 Å². The third-order valence-electron chi connectivity index (χ3n) is 4.09. The SMILES string of the molecule is CC1(c2ccccc2)NC(=O)CN(C2CCSC2)C1=O. The van der Waals surface area contributed by atoms with Crippen LogP contribution in [0.4, 0.5) is 0 Å². The lowest BCUT2D eigenvalue weighted by Gasteiger charge is -2.42. The third-order valence-corrected chi connectivity index (χ3v) is 5.23. The first kappa shape index (κ1) is 13.5. The molecular weight excluding hydrogens is 272 g/mol. The van der Waals surface area contributed by atoms with Gasteiger partial charge in [0.25, 0.3) is 5.91 Å². The molecule has 2 fully saturated rings. The average molecular weight is 290 g/mol. The lowest BCUT2D eigenvalue weighted by Crippen LogP contribution is -2.65. The molecule has 2 heterocycles. The van der Waals surface area contributed by atoms with Crippen LogP contribution >= 0.6 is 11.8 Å². The van der Waals surface area contributed by atoms with E-state index in [4.69, 9.17) is 0 Å². The Labute approximate surface area is 122 Å². The standard InChI is InChI=1S/C15H18N2O2S/c1-15(11-5-3-2-4-6-11)14(19)17(9-13(18)16-15)12-7-8-20-10-12/h2-6,12H,7-10H2,1H3,(H,16,18). The first-order valence-corrected chi connectivity index (χ1v) is 8.02. The van der Waals surface area contributed by atoms with E-state index in [-0.39, 0.29) is 24.4 Å². The number of nitrogens with zero attached hydrogens (tertiary/aromatic N) is 1. The molecule has 2 aliphatic rings. The molecule has 0 aromatic heterocycles. The Hall–Kier alpha value is -1.49. The van der Waals surface area contributed by atoms with Gasteiger partial charge in [-0.1, -0.05) is 30.3 Å². The highest BCUT2D eigenvalue weighted by Gasteiger charge is 2.46. The van der Waals surface area contributed by atoms with Gasteiger partial charge in [-0.25, -0.2) is 0 Å². The summed E-state index contributed by atoms with van der Waals surface area (Å²) >= 11 is 1.85. The molecule has 106 valence electrons. The maximum Gasteiger partial charge on any atom is 0.253 e. The van der Waals surface area contributed by atoms with Crippen molar-refractivity contribution in [3.8, 4) is 0 Å². The molecule has 1 aromatic carbocycles. The van der Waals surface area contributed by atoms with E-state index in [0.29, 0.717) is 0 Å². The molecule has 1 aromatic rings. The van der Waals surface area contributed by atoms with Crippen LogP contribution in [-0.4, -0.2) is 40.8 Å². The Morgan fingerprint density at radius 1 is 1.30 bits per heavy atom. The second-order valence-corrected chi connectivity index (χ2v) is 6.64. The van der Waals surface area contributed by atoms with Crippen LogP contribution in [-0.2, 0) is 15.1 Å². The number of hydrogen-bond donors (Lipinski definition) is 1. The fourth-order valence-corrected chi connectivity index (χ4v) is 4.14. The topological polar surface area (TPSA) is 49.4 Å². The minimum Gasteiger partial charge on any atom is -0.337 e. The number of amides is 2. The smallest absolute Gasteiger partial charge is 0.253 e. The highest BCUT2D eigenvalue weighted by Crippen LogP contribution is 2.31. The zero-order valence-corrected chi connectivity index (χ0v) is 12.3. The quantitative estimate of drug-likeness (QED) is 0.895. The van der Waals surface area contributed by atoms with E-state index in [9.17, 15) is 9.59 Å². The zero-order chi connectivity index (χ0) is 14.2. The van der Waals surface area contributed by atoms with Gasteiger partial charge in [-0.05, 0) is 24.7 Å². The molecule has 2 amide bonds. The lowest BCUT2D eigenvalue weighted by molar-refractivity contribution is -0.151. The van der Waals surface area contributed by atoms with Gasteiger partial charge in [0.1, 0.15) is 5.54 Å². The maximum atomic E-state index is 12.9. The monoisotopic (exact) mass is 290 g/mol. The number of benzene rings is 1. The van der Waals surface area contributed by atoms with Gasteiger partial charge in [0, 0.05) is 11.8 Å². The Bertz CT molecular complexity index is 528. The van der Waals surface area contributed by atoms with Crippen molar-refractivity contribution in [1.29, 1.82) is 0 Å². The Morgan fingerprint density at radius 3 is 2.70 bits per heavy atom. The molecule has 0 spiro atoms. The van der Waals surface area contributed by atoms with Gasteiger partial charge < -0.3 is 10.2 Å². The van der Waals surface area contributed by atoms with Crippen molar-refractivity contribution in [3.05, 3.63) is 35.9 Å². The molecule has 2 unspecified atom stereocenters. The number of thioether (sulfide) groups is 1. The summed E-state index contributed by atoms with van der Waals surface area (Å²) in [4.78, 5) is 26.7. The van der Waals surface area contributed by atoms with Gasteiger partial charge in [-0.3, -0.25) is 9.59 Å². The van der Waals surface area contributed by atoms with Crippen molar-refractivity contribution in [1.82, 2.24) is 10.2 Å². The van der Waals surface area contributed by atoms with Crippen LogP contribution in [0.15, 0.2) is 30.3 Å². The van der Waals surface area contributed by atoms with Crippen LogP contribution in [0.2, 0.25) is 0 Å². The molecule has 0 radical (unpaired) electrons. The molecule has 2 atom stereocenters. The third kappa shape index (κ3) is 2.20. The van der Waals surface area contributed by atoms with Gasteiger partial charge in [0.05, 0.1) is 6.54 Å². The number of nitrogens with one attached hydrogen (secondary N) is 1. The number of carbonyl (C=O) groups is 2. The van der Waals surface area contributed by atoms with Crippen LogP contribution in [0.5, 0.6) is 0 Å². The van der Waals surface area contributed by atoms with E-state index >= 15 is 0 Å². The molecule has 20 heavy (non-hydrogen) atoms. The zero-order valence-electron chi connectivity index (χ0n) is 11.5. The van der Waals surface area contributed by atoms with E-state index in [1.807, 2.05) is 42.1 Å². The maximum absolute atomic E-state index is 12.9. The summed E-state index contributed by atoms with van der Waals surface area (Å²) in [5, 5.41) is 2.88. The van der Waals surface area contributed by atoms with Crippen LogP contribution < -0.4 is 5.32 Å². The average Bonchev–Trinajstić information content (AvgIpc) is 2.98. The summed E-state index contributed by atoms with van der Waals surface area (Å²) < 4.78 is 0. The Kier molecular flexibility index (Phi) is 3.46. The minimum atomic E-state index is -0.941. The normalized spacial score (nSPS) is 30.4. The highest BCUT2D eigenvalue weighted by molar-refractivity contribution is 7.99. The van der Waals surface area contributed by atoms with Gasteiger partial charge in [-0.2, -0.15) is 11.8 Å². The van der Waals surface area contributed by atoms with Crippen molar-refractivity contribution in [2.75, 3.05) is 18.1 Å². The van der Waals surface area contributed by atoms with E-state index in [0.717, 1.165) is 23.5 Å². The predicted octanol–water partition coefficient (Wildman–Crippen LogP) is 1.37. The van der Waals surface area contributed by atoms with Crippen LogP contribution in [0, 0.1) is 0 Å². The van der Waals surface area contributed by atoms with Crippen molar-refractivity contribution < 1.29 is 9.59 Å². The molecule has 2 saturated heterocycles. The van der Waals surface area contributed by atoms with Crippen molar-refractivity contribution in [3.63, 3.8) is 0 Å². The Balaban J connectivity index is 1.94. The largest absolute Gasteiger partial charge is 0.337 e. The molecule has 0 aliphatic carbocycles. The van der Waals surface area contributed by atoms with E-state index in [2.05, 4.69) is 5.32 Å². The number of rotatable bonds is 2. The molecular formula is C15H18N2O2S. The molecule has 3 rings (SSSR count). The molecule has 5 heteroatoms. The number of piperazine rings is 1. The second-order valence-electron chi connectivity index (χ2n) is 5.49. The Morgan fingerprint density at radius 2 is 2.05 bits per heavy atom. The van der Waals surface area contributed by atoms with Crippen LogP contribution in [0.1, 0.15) is 18.9 Å². The van der Waals surface area contributed by atoms with Crippen molar-refractivity contribution in [2.45, 2.75) is 24.9 Å². The first-order valence-electron chi connectivity index (χ1n) is 6.86. The van der Waals surface area contributed by atoms with Gasteiger partial charge >= 0.3 is 0 Å². The highest BCUT2D eigenvalue weighted by atomic mass is 32.2. The second kappa shape index (κ2) is 5.13. The summed E-state index contributed by atoms with van der Waals surface area (Å²) in [6.07, 6.45) is 0.981. The van der Waals surface area contributed by atoms with Crippen molar-refractivity contribution in [2.24, 2.45) is 0 Å².